The predicted octanol–water partition coefficient (Wildman–Crippen LogP) is 4.19. The number of hydrogen-bond acceptors (Lipinski definition) is 2. The Morgan fingerprint density at radius 3 is 2.46 bits per heavy atom. The first-order valence-corrected chi connectivity index (χ1v) is 8.62. The van der Waals surface area contributed by atoms with Gasteiger partial charge in [-0.2, -0.15) is 5.10 Å². The van der Waals surface area contributed by atoms with Crippen LogP contribution >= 0.6 is 11.6 Å². The maximum Gasteiger partial charge on any atom is 0.271 e. The maximum absolute atomic E-state index is 13.1. The number of nitrogens with zero attached hydrogens (tertiary/aromatic N) is 3. The van der Waals surface area contributed by atoms with Crippen LogP contribution in [0.2, 0.25) is 5.02 Å². The molecule has 0 bridgehead atoms. The van der Waals surface area contributed by atoms with Gasteiger partial charge >= 0.3 is 0 Å². The first-order chi connectivity index (χ1) is 12.4. The van der Waals surface area contributed by atoms with E-state index >= 15 is 0 Å². The third-order valence-corrected chi connectivity index (χ3v) is 4.49. The van der Waals surface area contributed by atoms with Crippen LogP contribution in [0.5, 0.6) is 0 Å². The van der Waals surface area contributed by atoms with Crippen molar-refractivity contribution in [3.8, 4) is 11.3 Å². The molecule has 0 N–H and O–H groups in total. The van der Waals surface area contributed by atoms with E-state index in [-0.39, 0.29) is 11.7 Å². The van der Waals surface area contributed by atoms with Gasteiger partial charge < -0.3 is 4.90 Å². The van der Waals surface area contributed by atoms with Gasteiger partial charge in [0.25, 0.3) is 5.91 Å². The average Bonchev–Trinajstić information content (AvgIpc) is 3.02. The normalized spacial score (nSPS) is 10.8. The van der Waals surface area contributed by atoms with E-state index in [0.29, 0.717) is 23.0 Å². The number of carbonyl (C=O) groups excluding carboxylic acids is 1. The first-order valence-electron chi connectivity index (χ1n) is 8.24. The molecule has 0 fully saturated rings. The van der Waals surface area contributed by atoms with Gasteiger partial charge in [0.1, 0.15) is 11.5 Å². The highest BCUT2D eigenvalue weighted by Gasteiger charge is 2.18. The molecule has 0 aliphatic rings. The molecule has 3 rings (SSSR count). The molecule has 4 nitrogen and oxygen atoms in total. The first kappa shape index (κ1) is 18.1. The lowest BCUT2D eigenvalue weighted by molar-refractivity contribution is 0.0786. The van der Waals surface area contributed by atoms with E-state index in [0.717, 1.165) is 17.5 Å². The van der Waals surface area contributed by atoms with Gasteiger partial charge in [-0.3, -0.25) is 9.48 Å². The summed E-state index contributed by atoms with van der Waals surface area (Å²) < 4.78 is 14.6. The number of amides is 1. The average molecular weight is 372 g/mol. The fourth-order valence-electron chi connectivity index (χ4n) is 2.67. The van der Waals surface area contributed by atoms with Crippen molar-refractivity contribution in [1.29, 1.82) is 0 Å². The Bertz CT molecular complexity index is 904. The highest BCUT2D eigenvalue weighted by atomic mass is 35.5. The SMILES string of the molecule is CN(CCc1ccc(Cl)cc1)C(=O)c1cc(-c2ccc(F)cc2)nn1C. The molecule has 6 heteroatoms. The summed E-state index contributed by atoms with van der Waals surface area (Å²) in [4.78, 5) is 14.4. The predicted molar refractivity (Wildman–Crippen MR) is 101 cm³/mol. The Kier molecular flexibility index (Phi) is 5.38. The zero-order valence-electron chi connectivity index (χ0n) is 14.6. The number of halogens is 2. The molecule has 26 heavy (non-hydrogen) atoms. The van der Waals surface area contributed by atoms with Gasteiger partial charge in [-0.15, -0.1) is 0 Å². The molecule has 0 saturated carbocycles. The topological polar surface area (TPSA) is 38.1 Å². The molecule has 2 aromatic carbocycles. The van der Waals surface area contributed by atoms with Gasteiger partial charge in [0, 0.05) is 31.2 Å². The van der Waals surface area contributed by atoms with Crippen molar-refractivity contribution in [3.63, 3.8) is 0 Å². The Balaban J connectivity index is 1.70. The largest absolute Gasteiger partial charge is 0.340 e. The summed E-state index contributed by atoms with van der Waals surface area (Å²) in [6.45, 7) is 0.581. The van der Waals surface area contributed by atoms with Crippen molar-refractivity contribution in [2.75, 3.05) is 13.6 Å². The second-order valence-corrected chi connectivity index (χ2v) is 6.58. The lowest BCUT2D eigenvalue weighted by Crippen LogP contribution is -2.30. The third-order valence-electron chi connectivity index (χ3n) is 4.23. The Labute approximate surface area is 156 Å². The van der Waals surface area contributed by atoms with Crippen molar-refractivity contribution in [3.05, 3.63) is 76.7 Å². The third kappa shape index (κ3) is 4.11. The van der Waals surface area contributed by atoms with Gasteiger partial charge in [0.15, 0.2) is 0 Å². The monoisotopic (exact) mass is 371 g/mol. The van der Waals surface area contributed by atoms with E-state index in [4.69, 9.17) is 11.6 Å². The molecule has 134 valence electrons. The van der Waals surface area contributed by atoms with Crippen molar-refractivity contribution in [2.45, 2.75) is 6.42 Å². The quantitative estimate of drug-likeness (QED) is 0.674. The van der Waals surface area contributed by atoms with Crippen LogP contribution in [0.15, 0.2) is 54.6 Å². The fraction of sp³-hybridized carbons (Fsp3) is 0.200. The van der Waals surface area contributed by atoms with Crippen LogP contribution in [0.3, 0.4) is 0 Å². The molecule has 0 radical (unpaired) electrons. The van der Waals surface area contributed by atoms with Gasteiger partial charge in [-0.1, -0.05) is 23.7 Å². The van der Waals surface area contributed by atoms with Gasteiger partial charge in [0.2, 0.25) is 0 Å². The van der Waals surface area contributed by atoms with E-state index in [1.807, 2.05) is 24.3 Å². The van der Waals surface area contributed by atoms with Gasteiger partial charge in [0.05, 0.1) is 5.69 Å². The van der Waals surface area contributed by atoms with E-state index in [1.165, 1.54) is 12.1 Å². The van der Waals surface area contributed by atoms with Crippen LogP contribution in [0.4, 0.5) is 4.39 Å². The summed E-state index contributed by atoms with van der Waals surface area (Å²) in [5.41, 5.74) is 3.01. The van der Waals surface area contributed by atoms with Crippen molar-refractivity contribution in [2.24, 2.45) is 7.05 Å². The van der Waals surface area contributed by atoms with E-state index < -0.39 is 0 Å². The van der Waals surface area contributed by atoms with E-state index in [1.54, 1.807) is 41.9 Å². The number of aryl methyl sites for hydroxylation is 1. The van der Waals surface area contributed by atoms with Crippen LogP contribution < -0.4 is 0 Å². The molecule has 0 spiro atoms. The Morgan fingerprint density at radius 2 is 1.81 bits per heavy atom. The summed E-state index contributed by atoms with van der Waals surface area (Å²) in [6, 6.07) is 15.4. The number of rotatable bonds is 5. The number of carbonyl (C=O) groups is 1. The molecule has 3 aromatic rings. The number of hydrogen-bond donors (Lipinski definition) is 0. The molecule has 1 aromatic heterocycles. The molecule has 1 amide bonds. The molecule has 0 atom stereocenters. The second kappa shape index (κ2) is 7.70. The lowest BCUT2D eigenvalue weighted by Gasteiger charge is -2.17. The summed E-state index contributed by atoms with van der Waals surface area (Å²) in [5.74, 6) is -0.412. The molecule has 0 aliphatic heterocycles. The number of aromatic nitrogens is 2. The van der Waals surface area contributed by atoms with Crippen LogP contribution in [0, 0.1) is 5.82 Å². The molecule has 0 unspecified atom stereocenters. The summed E-state index contributed by atoms with van der Waals surface area (Å²) >= 11 is 5.89. The molecular formula is C20H19ClFN3O. The smallest absolute Gasteiger partial charge is 0.271 e. The van der Waals surface area contributed by atoms with Crippen molar-refractivity contribution < 1.29 is 9.18 Å². The second-order valence-electron chi connectivity index (χ2n) is 6.15. The minimum Gasteiger partial charge on any atom is -0.340 e. The van der Waals surface area contributed by atoms with Crippen LogP contribution in [0.1, 0.15) is 16.1 Å². The Hall–Kier alpha value is -2.66. The molecule has 0 saturated heterocycles. The standard InChI is InChI=1S/C20H19ClFN3O/c1-24(12-11-14-3-7-16(21)8-4-14)20(26)19-13-18(23-25(19)2)15-5-9-17(22)10-6-15/h3-10,13H,11-12H2,1-2H3. The van der Waals surface area contributed by atoms with Gasteiger partial charge in [-0.05, 0) is 54.4 Å². The zero-order chi connectivity index (χ0) is 18.7. The minimum atomic E-state index is -0.303. The lowest BCUT2D eigenvalue weighted by atomic mass is 10.1. The van der Waals surface area contributed by atoms with Crippen LogP contribution in [-0.4, -0.2) is 34.2 Å². The summed E-state index contributed by atoms with van der Waals surface area (Å²) in [5, 5.41) is 5.07. The molecular weight excluding hydrogens is 353 g/mol. The highest BCUT2D eigenvalue weighted by molar-refractivity contribution is 6.30. The van der Waals surface area contributed by atoms with Crippen LogP contribution in [-0.2, 0) is 13.5 Å². The van der Waals surface area contributed by atoms with E-state index in [9.17, 15) is 9.18 Å². The molecule has 0 aliphatic carbocycles. The maximum atomic E-state index is 13.1. The zero-order valence-corrected chi connectivity index (χ0v) is 15.4. The summed E-state index contributed by atoms with van der Waals surface area (Å²) in [6.07, 6.45) is 0.738. The molecule has 1 heterocycles. The van der Waals surface area contributed by atoms with Crippen molar-refractivity contribution in [1.82, 2.24) is 14.7 Å². The van der Waals surface area contributed by atoms with E-state index in [2.05, 4.69) is 5.10 Å². The van der Waals surface area contributed by atoms with Crippen molar-refractivity contribution >= 4 is 17.5 Å². The highest BCUT2D eigenvalue weighted by Crippen LogP contribution is 2.20. The van der Waals surface area contributed by atoms with Crippen LogP contribution in [0.25, 0.3) is 11.3 Å². The van der Waals surface area contributed by atoms with Gasteiger partial charge in [-0.25, -0.2) is 4.39 Å². The number of likely N-dealkylation sites (N-methyl/N-ethyl adjacent to an activating group) is 1. The summed E-state index contributed by atoms with van der Waals surface area (Å²) in [7, 11) is 3.50. The number of benzene rings is 2. The Morgan fingerprint density at radius 1 is 1.15 bits per heavy atom. The minimum absolute atomic E-state index is 0.109. The fourth-order valence-corrected chi connectivity index (χ4v) is 2.80.